The lowest BCUT2D eigenvalue weighted by Crippen LogP contribution is -2.14. The number of hydrogen-bond donors (Lipinski definition) is 2. The highest BCUT2D eigenvalue weighted by atomic mass is 16.5. The van der Waals surface area contributed by atoms with Gasteiger partial charge in [0.25, 0.3) is 5.91 Å². The monoisotopic (exact) mass is 362 g/mol. The quantitative estimate of drug-likeness (QED) is 0.536. The van der Waals surface area contributed by atoms with Crippen LogP contribution in [0.5, 0.6) is 5.75 Å². The van der Waals surface area contributed by atoms with Crippen LogP contribution < -0.4 is 10.1 Å². The van der Waals surface area contributed by atoms with Gasteiger partial charge >= 0.3 is 0 Å². The summed E-state index contributed by atoms with van der Waals surface area (Å²) in [4.78, 5) is 16.1. The topological polar surface area (TPSA) is 109 Å². The van der Waals surface area contributed by atoms with Gasteiger partial charge in [-0.05, 0) is 55.8 Å². The van der Waals surface area contributed by atoms with Crippen LogP contribution in [-0.4, -0.2) is 32.8 Å². The largest absolute Gasteiger partial charge is 0.497 e. The zero-order chi connectivity index (χ0) is 19.4. The molecule has 2 N–H and O–H groups in total. The molecule has 2 aromatic heterocycles. The predicted molar refractivity (Wildman–Crippen MR) is 100 cm³/mol. The molecule has 27 heavy (non-hydrogen) atoms. The van der Waals surface area contributed by atoms with Crippen LogP contribution in [0.1, 0.15) is 17.0 Å². The summed E-state index contributed by atoms with van der Waals surface area (Å²) in [6.07, 6.45) is 2.84. The predicted octanol–water partition coefficient (Wildman–Crippen LogP) is 2.77. The highest BCUT2D eigenvalue weighted by molar-refractivity contribution is 6.09. The molecule has 0 unspecified atom stereocenters. The maximum absolute atomic E-state index is 12.3. The van der Waals surface area contributed by atoms with Crippen molar-refractivity contribution in [3.05, 3.63) is 59.2 Å². The number of aromatic nitrogens is 4. The number of aryl methyl sites for hydroxylation is 1. The summed E-state index contributed by atoms with van der Waals surface area (Å²) in [5.74, 6) is 0.408. The number of ether oxygens (including phenoxy) is 1. The number of anilines is 1. The molecule has 0 atom stereocenters. The fourth-order valence-electron chi connectivity index (χ4n) is 2.81. The highest BCUT2D eigenvalue weighted by Crippen LogP contribution is 2.24. The van der Waals surface area contributed by atoms with Gasteiger partial charge in [-0.3, -0.25) is 10.1 Å². The lowest BCUT2D eigenvalue weighted by Gasteiger charge is -2.10. The lowest BCUT2D eigenvalue weighted by molar-refractivity contribution is -0.112. The van der Waals surface area contributed by atoms with Crippen molar-refractivity contribution in [2.24, 2.45) is 0 Å². The van der Waals surface area contributed by atoms with Crippen molar-refractivity contribution in [2.75, 3.05) is 12.4 Å². The molecule has 0 radical (unpaired) electrons. The zero-order valence-corrected chi connectivity index (χ0v) is 15.1. The second kappa shape index (κ2) is 7.58. The molecule has 0 fully saturated rings. The van der Waals surface area contributed by atoms with Gasteiger partial charge in [0.2, 0.25) is 5.95 Å². The van der Waals surface area contributed by atoms with Crippen LogP contribution in [0, 0.1) is 25.2 Å². The average Bonchev–Trinajstić information content (AvgIpc) is 3.27. The molecule has 136 valence electrons. The Bertz CT molecular complexity index is 1020. The number of nitriles is 1. The molecule has 0 aliphatic heterocycles. The van der Waals surface area contributed by atoms with E-state index in [1.165, 1.54) is 6.33 Å². The minimum atomic E-state index is -0.552. The second-order valence-corrected chi connectivity index (χ2v) is 5.82. The molecular formula is C19H18N6O2. The first-order valence-electron chi connectivity index (χ1n) is 8.15. The van der Waals surface area contributed by atoms with Crippen molar-refractivity contribution in [3.63, 3.8) is 0 Å². The van der Waals surface area contributed by atoms with Crippen LogP contribution in [0.3, 0.4) is 0 Å². The number of methoxy groups -OCH3 is 1. The van der Waals surface area contributed by atoms with E-state index in [4.69, 9.17) is 4.74 Å². The molecule has 0 aliphatic rings. The van der Waals surface area contributed by atoms with E-state index in [9.17, 15) is 10.1 Å². The molecule has 0 bridgehead atoms. The Balaban J connectivity index is 1.93. The summed E-state index contributed by atoms with van der Waals surface area (Å²) in [5.41, 5.74) is 3.62. The molecule has 3 aromatic rings. The molecule has 0 aliphatic carbocycles. The number of carbonyl (C=O) groups excluding carboxylic acids is 1. The average molecular weight is 362 g/mol. The van der Waals surface area contributed by atoms with Crippen molar-refractivity contribution in [1.29, 1.82) is 5.26 Å². The number of hydrogen-bond acceptors (Lipinski definition) is 5. The highest BCUT2D eigenvalue weighted by Gasteiger charge is 2.14. The van der Waals surface area contributed by atoms with Crippen molar-refractivity contribution < 1.29 is 9.53 Å². The third-order valence-corrected chi connectivity index (χ3v) is 4.11. The molecule has 1 amide bonds. The third-order valence-electron chi connectivity index (χ3n) is 4.11. The molecule has 0 saturated carbocycles. The van der Waals surface area contributed by atoms with Gasteiger partial charge in [-0.1, -0.05) is 0 Å². The van der Waals surface area contributed by atoms with Gasteiger partial charge in [0.1, 0.15) is 23.7 Å². The fourth-order valence-corrected chi connectivity index (χ4v) is 2.81. The van der Waals surface area contributed by atoms with Crippen molar-refractivity contribution in [2.45, 2.75) is 13.8 Å². The van der Waals surface area contributed by atoms with Crippen LogP contribution in [0.2, 0.25) is 0 Å². The van der Waals surface area contributed by atoms with Gasteiger partial charge in [-0.15, -0.1) is 0 Å². The Morgan fingerprint density at radius 3 is 2.67 bits per heavy atom. The van der Waals surface area contributed by atoms with Crippen LogP contribution in [0.15, 0.2) is 42.2 Å². The maximum Gasteiger partial charge on any atom is 0.268 e. The third kappa shape index (κ3) is 3.72. The standard InChI is InChI=1S/C19H18N6O2/c1-12-8-14(9-15(10-20)18(26)23-19-21-11-22-24-19)13(2)25(12)16-4-6-17(27-3)7-5-16/h4-9,11H,1-3H3,(H2,21,22,23,24,26)/b15-9-. The van der Waals surface area contributed by atoms with Gasteiger partial charge in [0.15, 0.2) is 0 Å². The first-order valence-corrected chi connectivity index (χ1v) is 8.15. The van der Waals surface area contributed by atoms with Gasteiger partial charge in [-0.2, -0.15) is 15.3 Å². The Labute approximate surface area is 156 Å². The molecular weight excluding hydrogens is 344 g/mol. The fraction of sp³-hybridized carbons (Fsp3) is 0.158. The van der Waals surface area contributed by atoms with E-state index in [2.05, 4.69) is 25.1 Å². The van der Waals surface area contributed by atoms with Crippen molar-refractivity contribution in [3.8, 4) is 17.5 Å². The molecule has 8 heteroatoms. The number of rotatable bonds is 5. The maximum atomic E-state index is 12.3. The number of nitrogens with zero attached hydrogens (tertiary/aromatic N) is 4. The van der Waals surface area contributed by atoms with Crippen molar-refractivity contribution >= 4 is 17.9 Å². The second-order valence-electron chi connectivity index (χ2n) is 5.82. The minimum absolute atomic E-state index is 0.0265. The molecule has 2 heterocycles. The number of carbonyl (C=O) groups is 1. The number of benzene rings is 1. The zero-order valence-electron chi connectivity index (χ0n) is 15.1. The number of amides is 1. The Morgan fingerprint density at radius 2 is 2.07 bits per heavy atom. The van der Waals surface area contributed by atoms with E-state index >= 15 is 0 Å². The number of nitrogens with one attached hydrogen (secondary N) is 2. The normalized spacial score (nSPS) is 11.1. The molecule has 0 saturated heterocycles. The molecule has 8 nitrogen and oxygen atoms in total. The van der Waals surface area contributed by atoms with Gasteiger partial charge in [0.05, 0.1) is 7.11 Å². The number of aromatic amines is 1. The SMILES string of the molecule is COc1ccc(-n2c(C)cc(/C=C(/C#N)C(=O)Nc3ncn[nH]3)c2C)cc1. The van der Waals surface area contributed by atoms with Gasteiger partial charge in [-0.25, -0.2) is 5.10 Å². The smallest absolute Gasteiger partial charge is 0.268 e. The Morgan fingerprint density at radius 1 is 1.33 bits per heavy atom. The van der Waals surface area contributed by atoms with E-state index in [1.807, 2.05) is 50.2 Å². The lowest BCUT2D eigenvalue weighted by atomic mass is 10.1. The van der Waals surface area contributed by atoms with Crippen LogP contribution in [0.4, 0.5) is 5.95 Å². The van der Waals surface area contributed by atoms with E-state index in [1.54, 1.807) is 13.2 Å². The number of H-pyrrole nitrogens is 1. The van der Waals surface area contributed by atoms with E-state index < -0.39 is 5.91 Å². The Hall–Kier alpha value is -3.86. The minimum Gasteiger partial charge on any atom is -0.497 e. The van der Waals surface area contributed by atoms with E-state index in [-0.39, 0.29) is 11.5 Å². The molecule has 1 aromatic carbocycles. The summed E-state index contributed by atoms with van der Waals surface area (Å²) in [5, 5.41) is 18.1. The van der Waals surface area contributed by atoms with E-state index in [0.29, 0.717) is 0 Å². The summed E-state index contributed by atoms with van der Waals surface area (Å²) in [6, 6.07) is 11.5. The molecule has 3 rings (SSSR count). The molecule has 0 spiro atoms. The van der Waals surface area contributed by atoms with Crippen LogP contribution in [-0.2, 0) is 4.79 Å². The van der Waals surface area contributed by atoms with Gasteiger partial charge < -0.3 is 9.30 Å². The first-order chi connectivity index (χ1) is 13.0. The summed E-state index contributed by atoms with van der Waals surface area (Å²) in [7, 11) is 1.62. The summed E-state index contributed by atoms with van der Waals surface area (Å²) in [6.45, 7) is 3.90. The van der Waals surface area contributed by atoms with Crippen LogP contribution >= 0.6 is 0 Å². The summed E-state index contributed by atoms with van der Waals surface area (Å²) < 4.78 is 7.25. The van der Waals surface area contributed by atoms with Gasteiger partial charge in [0, 0.05) is 17.1 Å². The van der Waals surface area contributed by atoms with Crippen molar-refractivity contribution in [1.82, 2.24) is 19.7 Å². The Kier molecular flexibility index (Phi) is 5.04. The first kappa shape index (κ1) is 17.9. The summed E-state index contributed by atoms with van der Waals surface area (Å²) >= 11 is 0. The van der Waals surface area contributed by atoms with Crippen LogP contribution in [0.25, 0.3) is 11.8 Å². The van der Waals surface area contributed by atoms with E-state index in [0.717, 1.165) is 28.4 Å².